The van der Waals surface area contributed by atoms with Crippen molar-refractivity contribution in [1.29, 1.82) is 0 Å². The van der Waals surface area contributed by atoms with Crippen molar-refractivity contribution >= 4 is 11.8 Å². The van der Waals surface area contributed by atoms with E-state index in [9.17, 15) is 9.59 Å². The molecule has 5 rings (SSSR count). The predicted octanol–water partition coefficient (Wildman–Crippen LogP) is 3.97. The first-order chi connectivity index (χ1) is 12.1. The van der Waals surface area contributed by atoms with Crippen LogP contribution in [0.3, 0.4) is 0 Å². The van der Waals surface area contributed by atoms with Gasteiger partial charge in [0.15, 0.2) is 6.79 Å². The molecule has 0 aromatic rings. The maximum absolute atomic E-state index is 12.5. The van der Waals surface area contributed by atoms with Crippen molar-refractivity contribution in [3.05, 3.63) is 0 Å². The molecule has 4 heteroatoms. The van der Waals surface area contributed by atoms with Crippen molar-refractivity contribution < 1.29 is 19.1 Å². The molecule has 5 aliphatic carbocycles. The molecule has 0 heterocycles. The van der Waals surface area contributed by atoms with Gasteiger partial charge in [0.25, 0.3) is 0 Å². The molecule has 0 spiro atoms. The van der Waals surface area contributed by atoms with Crippen molar-refractivity contribution in [2.75, 3.05) is 6.79 Å². The lowest BCUT2D eigenvalue weighted by molar-refractivity contribution is -0.191. The van der Waals surface area contributed by atoms with Gasteiger partial charge >= 0.3 is 5.97 Å². The van der Waals surface area contributed by atoms with E-state index < -0.39 is 0 Å². The Morgan fingerprint density at radius 2 is 1.88 bits per heavy atom. The van der Waals surface area contributed by atoms with Crippen LogP contribution in [0.2, 0.25) is 0 Å². The van der Waals surface area contributed by atoms with Gasteiger partial charge in [-0.1, -0.05) is 26.7 Å². The van der Waals surface area contributed by atoms with Gasteiger partial charge in [-0.25, -0.2) is 0 Å². The Morgan fingerprint density at radius 3 is 2.64 bits per heavy atom. The molecule has 5 saturated carbocycles. The molecule has 8 atom stereocenters. The summed E-state index contributed by atoms with van der Waals surface area (Å²) >= 11 is 0. The zero-order valence-corrected chi connectivity index (χ0v) is 15.6. The highest BCUT2D eigenvalue weighted by Gasteiger charge is 2.53. The van der Waals surface area contributed by atoms with Gasteiger partial charge in [0.1, 0.15) is 5.78 Å². The molecule has 0 aromatic carbocycles. The van der Waals surface area contributed by atoms with Gasteiger partial charge in [-0.15, -0.1) is 0 Å². The largest absolute Gasteiger partial charge is 0.438 e. The number of carbonyl (C=O) groups is 2. The summed E-state index contributed by atoms with van der Waals surface area (Å²) in [4.78, 5) is 25.0. The molecule has 0 saturated heterocycles. The molecule has 0 N–H and O–H groups in total. The lowest BCUT2D eigenvalue weighted by Gasteiger charge is -2.52. The van der Waals surface area contributed by atoms with Gasteiger partial charge in [-0.05, 0) is 62.2 Å². The van der Waals surface area contributed by atoms with Crippen LogP contribution in [0.25, 0.3) is 0 Å². The lowest BCUT2D eigenvalue weighted by Crippen LogP contribution is -2.55. The minimum absolute atomic E-state index is 0.0120. The van der Waals surface area contributed by atoms with Crippen LogP contribution in [0.1, 0.15) is 65.2 Å². The van der Waals surface area contributed by atoms with Crippen LogP contribution < -0.4 is 0 Å². The second-order valence-corrected chi connectivity index (χ2v) is 9.01. The molecular weight excluding hydrogens is 316 g/mol. The Kier molecular flexibility index (Phi) is 4.91. The number of ketones is 1. The normalized spacial score (nSPS) is 45.1. The Labute approximate surface area is 151 Å². The smallest absolute Gasteiger partial charge is 0.311 e. The van der Waals surface area contributed by atoms with Gasteiger partial charge < -0.3 is 9.47 Å². The van der Waals surface area contributed by atoms with E-state index in [-0.39, 0.29) is 30.7 Å². The monoisotopic (exact) mass is 348 g/mol. The van der Waals surface area contributed by atoms with Crippen molar-refractivity contribution in [1.82, 2.24) is 0 Å². The first-order valence-corrected chi connectivity index (χ1v) is 10.4. The topological polar surface area (TPSA) is 52.6 Å². The summed E-state index contributed by atoms with van der Waals surface area (Å²) in [5.41, 5.74) is 0. The third kappa shape index (κ3) is 3.15. The number of ether oxygens (including phenoxy) is 2. The van der Waals surface area contributed by atoms with E-state index in [1.54, 1.807) is 0 Å². The van der Waals surface area contributed by atoms with Crippen LogP contribution in [0.5, 0.6) is 0 Å². The van der Waals surface area contributed by atoms with E-state index in [0.29, 0.717) is 29.5 Å². The van der Waals surface area contributed by atoms with Crippen LogP contribution >= 0.6 is 0 Å². The second kappa shape index (κ2) is 7.02. The molecule has 5 fully saturated rings. The summed E-state index contributed by atoms with van der Waals surface area (Å²) in [6.45, 7) is 4.40. The lowest BCUT2D eigenvalue weighted by atomic mass is 9.54. The fourth-order valence-electron chi connectivity index (χ4n) is 6.42. The molecule has 4 nitrogen and oxygen atoms in total. The Balaban J connectivity index is 1.29. The Hall–Kier alpha value is -0.900. The minimum Gasteiger partial charge on any atom is -0.438 e. The van der Waals surface area contributed by atoms with Crippen molar-refractivity contribution in [2.24, 2.45) is 41.4 Å². The molecular formula is C21H32O4. The SMILES string of the molecule is CCC1CC(CC)C(C(=O)OCOC2C3CC4CC(C3)C(=O)C2C4)C1. The van der Waals surface area contributed by atoms with E-state index in [1.807, 2.05) is 0 Å². The third-order valence-corrected chi connectivity index (χ3v) is 7.72. The summed E-state index contributed by atoms with van der Waals surface area (Å²) in [5, 5.41) is 0. The third-order valence-electron chi connectivity index (χ3n) is 7.72. The van der Waals surface area contributed by atoms with E-state index in [2.05, 4.69) is 13.8 Å². The minimum atomic E-state index is -0.0852. The van der Waals surface area contributed by atoms with E-state index >= 15 is 0 Å². The predicted molar refractivity (Wildman–Crippen MR) is 93.6 cm³/mol. The fourth-order valence-corrected chi connectivity index (χ4v) is 6.42. The molecule has 5 aliphatic rings. The maximum Gasteiger partial charge on any atom is 0.311 e. The zero-order chi connectivity index (χ0) is 17.6. The zero-order valence-electron chi connectivity index (χ0n) is 15.6. The molecule has 25 heavy (non-hydrogen) atoms. The number of hydrogen-bond acceptors (Lipinski definition) is 4. The first kappa shape index (κ1) is 17.5. The second-order valence-electron chi connectivity index (χ2n) is 9.01. The Bertz CT molecular complexity index is 530. The highest BCUT2D eigenvalue weighted by atomic mass is 16.7. The highest BCUT2D eigenvalue weighted by molar-refractivity contribution is 5.86. The average Bonchev–Trinajstić information content (AvgIpc) is 3.04. The number of esters is 1. The fraction of sp³-hybridized carbons (Fsp3) is 0.905. The molecule has 0 radical (unpaired) electrons. The number of rotatable bonds is 6. The molecule has 0 aromatic heterocycles. The quantitative estimate of drug-likeness (QED) is 0.538. The van der Waals surface area contributed by atoms with Crippen molar-refractivity contribution in [3.8, 4) is 0 Å². The maximum atomic E-state index is 12.5. The number of hydrogen-bond donors (Lipinski definition) is 0. The van der Waals surface area contributed by atoms with Crippen LogP contribution in [0, 0.1) is 41.4 Å². The van der Waals surface area contributed by atoms with E-state index in [4.69, 9.17) is 9.47 Å². The standard InChI is InChI=1S/C21H32O4/c1-3-12-5-14(4-2)17(8-12)21(23)25-11-24-20-16-7-13-6-15(10-16)19(22)18(20)9-13/h12-18,20H,3-11H2,1-2H3. The summed E-state index contributed by atoms with van der Waals surface area (Å²) in [7, 11) is 0. The van der Waals surface area contributed by atoms with Crippen LogP contribution in [-0.4, -0.2) is 24.6 Å². The molecule has 0 amide bonds. The Morgan fingerprint density at radius 1 is 1.04 bits per heavy atom. The molecule has 8 unspecified atom stereocenters. The average molecular weight is 348 g/mol. The number of Topliss-reactive ketones (excluding diaryl/α,β-unsaturated/α-hetero) is 1. The molecule has 4 bridgehead atoms. The summed E-state index contributed by atoms with van der Waals surface area (Å²) < 4.78 is 11.5. The van der Waals surface area contributed by atoms with Gasteiger partial charge in [-0.3, -0.25) is 9.59 Å². The van der Waals surface area contributed by atoms with Gasteiger partial charge in [0, 0.05) is 11.8 Å². The summed E-state index contributed by atoms with van der Waals surface area (Å²) in [5.74, 6) is 3.06. The van der Waals surface area contributed by atoms with E-state index in [0.717, 1.165) is 50.9 Å². The molecule has 0 aliphatic heterocycles. The van der Waals surface area contributed by atoms with Crippen LogP contribution in [-0.2, 0) is 19.1 Å². The van der Waals surface area contributed by atoms with Crippen LogP contribution in [0.4, 0.5) is 0 Å². The molecule has 140 valence electrons. The van der Waals surface area contributed by atoms with Crippen molar-refractivity contribution in [3.63, 3.8) is 0 Å². The number of carbonyl (C=O) groups excluding carboxylic acids is 2. The van der Waals surface area contributed by atoms with Gasteiger partial charge in [-0.2, -0.15) is 0 Å². The summed E-state index contributed by atoms with van der Waals surface area (Å²) in [6.07, 6.45) is 8.56. The van der Waals surface area contributed by atoms with Gasteiger partial charge in [0.2, 0.25) is 0 Å². The summed E-state index contributed by atoms with van der Waals surface area (Å²) in [6, 6.07) is 0. The van der Waals surface area contributed by atoms with Crippen LogP contribution in [0.15, 0.2) is 0 Å². The van der Waals surface area contributed by atoms with Crippen molar-refractivity contribution in [2.45, 2.75) is 71.3 Å². The van der Waals surface area contributed by atoms with Gasteiger partial charge in [0.05, 0.1) is 12.0 Å². The van der Waals surface area contributed by atoms with E-state index in [1.165, 1.54) is 6.42 Å². The highest BCUT2D eigenvalue weighted by Crippen LogP contribution is 2.53. The first-order valence-electron chi connectivity index (χ1n) is 10.4.